The van der Waals surface area contributed by atoms with Crippen molar-refractivity contribution in [2.45, 2.75) is 26.7 Å². The molecule has 0 atom stereocenters. The Labute approximate surface area is 158 Å². The third-order valence-electron chi connectivity index (χ3n) is 6.16. The van der Waals surface area contributed by atoms with Gasteiger partial charge in [-0.05, 0) is 59.9 Å². The number of imidazole rings is 1. The van der Waals surface area contributed by atoms with Crippen LogP contribution in [-0.2, 0) is 12.8 Å². The minimum Gasteiger partial charge on any atom is -0.296 e. The summed E-state index contributed by atoms with van der Waals surface area (Å²) < 4.78 is 2.41. The van der Waals surface area contributed by atoms with Crippen molar-refractivity contribution in [2.75, 3.05) is 0 Å². The van der Waals surface area contributed by atoms with E-state index in [1.165, 1.54) is 55.2 Å². The summed E-state index contributed by atoms with van der Waals surface area (Å²) in [6, 6.07) is 20.0. The molecular formula is C25H20N2. The zero-order valence-electron chi connectivity index (χ0n) is 15.6. The summed E-state index contributed by atoms with van der Waals surface area (Å²) in [6.07, 6.45) is 4.21. The van der Waals surface area contributed by atoms with Gasteiger partial charge in [-0.1, -0.05) is 54.6 Å². The molecule has 0 fully saturated rings. The number of fused-ring (bicyclic) bond motifs is 3. The van der Waals surface area contributed by atoms with Crippen LogP contribution >= 0.6 is 0 Å². The van der Waals surface area contributed by atoms with E-state index in [1.807, 2.05) is 0 Å². The molecule has 130 valence electrons. The minimum absolute atomic E-state index is 1.06. The second kappa shape index (κ2) is 5.20. The van der Waals surface area contributed by atoms with Gasteiger partial charge in [-0.2, -0.15) is 0 Å². The molecule has 0 N–H and O–H groups in total. The molecule has 2 nitrogen and oxygen atoms in total. The Balaban J connectivity index is 1.95. The molecule has 0 unspecified atom stereocenters. The lowest BCUT2D eigenvalue weighted by molar-refractivity contribution is 0.877. The number of pyridine rings is 1. The summed E-state index contributed by atoms with van der Waals surface area (Å²) in [5.74, 6) is 0. The lowest BCUT2D eigenvalue weighted by Gasteiger charge is -2.22. The quantitative estimate of drug-likeness (QED) is 0.338. The molecule has 0 saturated heterocycles. The smallest absolute Gasteiger partial charge is 0.145 e. The van der Waals surface area contributed by atoms with Crippen LogP contribution in [0.25, 0.3) is 38.4 Å². The van der Waals surface area contributed by atoms with Crippen LogP contribution in [0.1, 0.15) is 22.4 Å². The summed E-state index contributed by atoms with van der Waals surface area (Å²) in [6.45, 7) is 4.44. The first-order valence-corrected chi connectivity index (χ1v) is 9.63. The van der Waals surface area contributed by atoms with E-state index in [4.69, 9.17) is 4.98 Å². The predicted octanol–water partition coefficient (Wildman–Crippen LogP) is 6.02. The van der Waals surface area contributed by atoms with E-state index in [2.05, 4.69) is 79.0 Å². The molecule has 3 heterocycles. The van der Waals surface area contributed by atoms with E-state index >= 15 is 0 Å². The average Bonchev–Trinajstić information content (AvgIpc) is 3.13. The Hall–Kier alpha value is -3.13. The van der Waals surface area contributed by atoms with Gasteiger partial charge in [-0.3, -0.25) is 4.40 Å². The summed E-state index contributed by atoms with van der Waals surface area (Å²) >= 11 is 0. The average molecular weight is 348 g/mol. The Morgan fingerprint density at radius 3 is 2.41 bits per heavy atom. The molecular weight excluding hydrogens is 328 g/mol. The highest BCUT2D eigenvalue weighted by molar-refractivity contribution is 6.18. The van der Waals surface area contributed by atoms with Crippen LogP contribution in [0.3, 0.4) is 0 Å². The van der Waals surface area contributed by atoms with Gasteiger partial charge in [0, 0.05) is 22.7 Å². The van der Waals surface area contributed by atoms with Crippen LogP contribution in [0.4, 0.5) is 0 Å². The molecule has 5 aromatic rings. The van der Waals surface area contributed by atoms with E-state index < -0.39 is 0 Å². The van der Waals surface area contributed by atoms with Crippen LogP contribution in [-0.4, -0.2) is 9.38 Å². The van der Waals surface area contributed by atoms with Gasteiger partial charge >= 0.3 is 0 Å². The fourth-order valence-corrected chi connectivity index (χ4v) is 4.97. The molecule has 0 bridgehead atoms. The van der Waals surface area contributed by atoms with Crippen molar-refractivity contribution in [3.8, 4) is 11.1 Å². The zero-order valence-corrected chi connectivity index (χ0v) is 15.6. The van der Waals surface area contributed by atoms with Crippen molar-refractivity contribution in [1.29, 1.82) is 0 Å². The van der Waals surface area contributed by atoms with Crippen molar-refractivity contribution in [2.24, 2.45) is 0 Å². The van der Waals surface area contributed by atoms with E-state index in [0.29, 0.717) is 0 Å². The number of rotatable bonds is 1. The van der Waals surface area contributed by atoms with Crippen LogP contribution in [0, 0.1) is 13.8 Å². The molecule has 0 aliphatic carbocycles. The first-order chi connectivity index (χ1) is 13.2. The van der Waals surface area contributed by atoms with Gasteiger partial charge in [0.15, 0.2) is 0 Å². The minimum atomic E-state index is 1.06. The van der Waals surface area contributed by atoms with Gasteiger partial charge in [-0.15, -0.1) is 0 Å². The first kappa shape index (κ1) is 15.0. The Morgan fingerprint density at radius 2 is 1.59 bits per heavy atom. The molecule has 0 spiro atoms. The van der Waals surface area contributed by atoms with Crippen LogP contribution in [0.15, 0.2) is 60.8 Å². The largest absolute Gasteiger partial charge is 0.296 e. The number of nitrogens with zero attached hydrogens (tertiary/aromatic N) is 2. The Morgan fingerprint density at radius 1 is 0.815 bits per heavy atom. The summed E-state index contributed by atoms with van der Waals surface area (Å²) in [4.78, 5) is 4.80. The second-order valence-electron chi connectivity index (χ2n) is 7.72. The SMILES string of the molecule is Cc1cccc(C)c1-c1ccc2c3c1c1ccccc1c1ncc(n13)CC2. The van der Waals surface area contributed by atoms with Crippen molar-refractivity contribution in [3.63, 3.8) is 0 Å². The van der Waals surface area contributed by atoms with Crippen molar-refractivity contribution in [3.05, 3.63) is 83.2 Å². The highest BCUT2D eigenvalue weighted by Crippen LogP contribution is 2.41. The number of hydrogen-bond acceptors (Lipinski definition) is 1. The Kier molecular flexibility index (Phi) is 2.88. The summed E-state index contributed by atoms with van der Waals surface area (Å²) in [5.41, 5.74) is 10.6. The topological polar surface area (TPSA) is 17.3 Å². The predicted molar refractivity (Wildman–Crippen MR) is 113 cm³/mol. The maximum atomic E-state index is 4.80. The summed E-state index contributed by atoms with van der Waals surface area (Å²) in [7, 11) is 0. The normalized spacial score (nSPS) is 13.3. The highest BCUT2D eigenvalue weighted by atomic mass is 15.0. The van der Waals surface area contributed by atoms with E-state index in [0.717, 1.165) is 18.5 Å². The number of aryl methyl sites for hydroxylation is 4. The van der Waals surface area contributed by atoms with Gasteiger partial charge in [-0.25, -0.2) is 4.98 Å². The molecule has 2 aromatic heterocycles. The van der Waals surface area contributed by atoms with Crippen LogP contribution in [0.5, 0.6) is 0 Å². The monoisotopic (exact) mass is 348 g/mol. The van der Waals surface area contributed by atoms with Gasteiger partial charge in [0.1, 0.15) is 5.65 Å². The molecule has 1 aliphatic rings. The van der Waals surface area contributed by atoms with Crippen molar-refractivity contribution < 1.29 is 0 Å². The van der Waals surface area contributed by atoms with Gasteiger partial charge in [0.25, 0.3) is 0 Å². The zero-order chi connectivity index (χ0) is 18.1. The molecule has 2 heteroatoms. The summed E-state index contributed by atoms with van der Waals surface area (Å²) in [5, 5.41) is 3.91. The number of aromatic nitrogens is 2. The van der Waals surface area contributed by atoms with E-state index in [1.54, 1.807) is 0 Å². The lowest BCUT2D eigenvalue weighted by atomic mass is 9.88. The standard InChI is InChI=1S/C25H20N2/c1-15-6-5-7-16(2)22(15)21-13-11-17-10-12-18-14-26-25-20-9-4-3-8-19(20)23(21)24(17)27(18)25/h3-9,11,13-14H,10,12H2,1-2H3. The maximum Gasteiger partial charge on any atom is 0.145 e. The third-order valence-corrected chi connectivity index (χ3v) is 6.16. The molecule has 0 amide bonds. The second-order valence-corrected chi connectivity index (χ2v) is 7.72. The van der Waals surface area contributed by atoms with Crippen LogP contribution < -0.4 is 0 Å². The van der Waals surface area contributed by atoms with E-state index in [9.17, 15) is 0 Å². The first-order valence-electron chi connectivity index (χ1n) is 9.63. The molecule has 0 radical (unpaired) electrons. The third kappa shape index (κ3) is 1.88. The highest BCUT2D eigenvalue weighted by Gasteiger charge is 2.22. The lowest BCUT2D eigenvalue weighted by Crippen LogP contribution is -2.08. The molecule has 3 aromatic carbocycles. The van der Waals surface area contributed by atoms with E-state index in [-0.39, 0.29) is 0 Å². The molecule has 27 heavy (non-hydrogen) atoms. The molecule has 1 aliphatic heterocycles. The molecule has 6 rings (SSSR count). The van der Waals surface area contributed by atoms with Crippen molar-refractivity contribution >= 4 is 27.3 Å². The van der Waals surface area contributed by atoms with Crippen molar-refractivity contribution in [1.82, 2.24) is 9.38 Å². The fourth-order valence-electron chi connectivity index (χ4n) is 4.97. The van der Waals surface area contributed by atoms with Gasteiger partial charge < -0.3 is 0 Å². The molecule has 0 saturated carbocycles. The van der Waals surface area contributed by atoms with Gasteiger partial charge in [0.05, 0.1) is 5.52 Å². The Bertz CT molecular complexity index is 1370. The maximum absolute atomic E-state index is 4.80. The number of benzene rings is 3. The number of hydrogen-bond donors (Lipinski definition) is 0. The van der Waals surface area contributed by atoms with Crippen LogP contribution in [0.2, 0.25) is 0 Å². The fraction of sp³-hybridized carbons (Fsp3) is 0.160. The van der Waals surface area contributed by atoms with Gasteiger partial charge in [0.2, 0.25) is 0 Å².